The van der Waals surface area contributed by atoms with E-state index in [0.29, 0.717) is 12.0 Å². The van der Waals surface area contributed by atoms with Gasteiger partial charge in [-0.05, 0) is 49.3 Å². The number of aliphatic hydroxyl groups is 1. The third kappa shape index (κ3) is 4.59. The van der Waals surface area contributed by atoms with Crippen molar-refractivity contribution in [3.63, 3.8) is 0 Å². The van der Waals surface area contributed by atoms with Gasteiger partial charge < -0.3 is 15.3 Å². The van der Waals surface area contributed by atoms with Crippen molar-refractivity contribution in [3.05, 3.63) is 30.1 Å². The molecular formula is C18H29IN4O. The Balaban J connectivity index is 0.00000208. The molecule has 1 aromatic heterocycles. The van der Waals surface area contributed by atoms with Gasteiger partial charge in [-0.15, -0.1) is 24.0 Å². The third-order valence-corrected chi connectivity index (χ3v) is 5.24. The number of aliphatic hydroxyl groups excluding tert-OH is 1. The van der Waals surface area contributed by atoms with Crippen LogP contribution in [0.2, 0.25) is 0 Å². The Kier molecular flexibility index (Phi) is 7.28. The summed E-state index contributed by atoms with van der Waals surface area (Å²) in [6, 6.07) is 3.69. The average Bonchev–Trinajstić information content (AvgIpc) is 3.22. The number of hydrogen-bond donors (Lipinski definition) is 2. The second kappa shape index (κ2) is 8.99. The first-order valence-corrected chi connectivity index (χ1v) is 8.84. The monoisotopic (exact) mass is 444 g/mol. The Morgan fingerprint density at radius 2 is 2.04 bits per heavy atom. The van der Waals surface area contributed by atoms with E-state index < -0.39 is 6.10 Å². The number of nitrogens with zero attached hydrogens (tertiary/aromatic N) is 3. The summed E-state index contributed by atoms with van der Waals surface area (Å²) in [5, 5.41) is 13.7. The van der Waals surface area contributed by atoms with Crippen molar-refractivity contribution in [1.29, 1.82) is 0 Å². The smallest absolute Gasteiger partial charge is 0.194 e. The molecule has 1 aromatic rings. The zero-order chi connectivity index (χ0) is 16.1. The highest BCUT2D eigenvalue weighted by Crippen LogP contribution is 2.45. The van der Waals surface area contributed by atoms with E-state index in [4.69, 9.17) is 0 Å². The summed E-state index contributed by atoms with van der Waals surface area (Å²) in [4.78, 5) is 11.1. The van der Waals surface area contributed by atoms with Crippen LogP contribution in [0.15, 0.2) is 29.5 Å². The number of guanidine groups is 1. The SMILES string of the molecule is CCNC(=NCC(O)c1ccncc1)N1CCC2(CCCC2)C1.I. The quantitative estimate of drug-likeness (QED) is 0.426. The van der Waals surface area contributed by atoms with Crippen LogP contribution in [0.3, 0.4) is 0 Å². The van der Waals surface area contributed by atoms with E-state index in [1.807, 2.05) is 12.1 Å². The van der Waals surface area contributed by atoms with E-state index in [-0.39, 0.29) is 24.0 Å². The minimum Gasteiger partial charge on any atom is -0.386 e. The minimum atomic E-state index is -0.574. The molecule has 1 aliphatic heterocycles. The van der Waals surface area contributed by atoms with Gasteiger partial charge in [0.2, 0.25) is 0 Å². The van der Waals surface area contributed by atoms with Crippen LogP contribution in [0.25, 0.3) is 0 Å². The van der Waals surface area contributed by atoms with Gasteiger partial charge in [-0.3, -0.25) is 9.98 Å². The topological polar surface area (TPSA) is 60.8 Å². The van der Waals surface area contributed by atoms with Gasteiger partial charge in [0.25, 0.3) is 0 Å². The zero-order valence-corrected chi connectivity index (χ0v) is 16.8. The molecule has 1 saturated carbocycles. The third-order valence-electron chi connectivity index (χ3n) is 5.24. The fraction of sp³-hybridized carbons (Fsp3) is 0.667. The predicted octanol–water partition coefficient (Wildman–Crippen LogP) is 2.96. The maximum absolute atomic E-state index is 10.3. The Morgan fingerprint density at radius 3 is 2.71 bits per heavy atom. The summed E-state index contributed by atoms with van der Waals surface area (Å²) in [7, 11) is 0. The number of aliphatic imine (C=N–C) groups is 1. The van der Waals surface area contributed by atoms with Gasteiger partial charge in [-0.25, -0.2) is 0 Å². The maximum atomic E-state index is 10.3. The number of likely N-dealkylation sites (tertiary alicyclic amines) is 1. The normalized spacial score (nSPS) is 20.9. The van der Waals surface area contributed by atoms with Crippen molar-refractivity contribution in [2.75, 3.05) is 26.2 Å². The van der Waals surface area contributed by atoms with Crippen molar-refractivity contribution >= 4 is 29.9 Å². The number of halogens is 1. The van der Waals surface area contributed by atoms with Crippen LogP contribution >= 0.6 is 24.0 Å². The van der Waals surface area contributed by atoms with E-state index in [1.165, 1.54) is 32.1 Å². The second-order valence-electron chi connectivity index (χ2n) is 6.87. The van der Waals surface area contributed by atoms with Crippen molar-refractivity contribution in [1.82, 2.24) is 15.2 Å². The van der Waals surface area contributed by atoms with Crippen LogP contribution in [0.4, 0.5) is 0 Å². The van der Waals surface area contributed by atoms with Crippen molar-refractivity contribution in [3.8, 4) is 0 Å². The zero-order valence-electron chi connectivity index (χ0n) is 14.4. The van der Waals surface area contributed by atoms with Gasteiger partial charge in [0, 0.05) is 32.0 Å². The summed E-state index contributed by atoms with van der Waals surface area (Å²) in [5.41, 5.74) is 1.40. The number of rotatable bonds is 4. The van der Waals surface area contributed by atoms with Crippen LogP contribution in [0.5, 0.6) is 0 Å². The molecular weight excluding hydrogens is 415 g/mol. The summed E-state index contributed by atoms with van der Waals surface area (Å²) in [6.07, 6.45) is 9.60. The molecule has 0 amide bonds. The lowest BCUT2D eigenvalue weighted by atomic mass is 9.86. The van der Waals surface area contributed by atoms with Gasteiger partial charge in [0.15, 0.2) is 5.96 Å². The molecule has 2 fully saturated rings. The van der Waals surface area contributed by atoms with Crippen LogP contribution in [-0.2, 0) is 0 Å². The van der Waals surface area contributed by atoms with Crippen molar-refractivity contribution < 1.29 is 5.11 Å². The molecule has 1 saturated heterocycles. The van der Waals surface area contributed by atoms with Crippen LogP contribution in [0, 0.1) is 5.41 Å². The van der Waals surface area contributed by atoms with E-state index >= 15 is 0 Å². The second-order valence-corrected chi connectivity index (χ2v) is 6.87. The molecule has 0 radical (unpaired) electrons. The average molecular weight is 444 g/mol. The molecule has 5 nitrogen and oxygen atoms in total. The van der Waals surface area contributed by atoms with Crippen LogP contribution in [-0.4, -0.2) is 47.1 Å². The Bertz CT molecular complexity index is 531. The summed E-state index contributed by atoms with van der Waals surface area (Å²) >= 11 is 0. The number of pyridine rings is 1. The molecule has 1 atom stereocenters. The largest absolute Gasteiger partial charge is 0.386 e. The molecule has 0 bridgehead atoms. The molecule has 3 rings (SSSR count). The first-order valence-electron chi connectivity index (χ1n) is 8.84. The maximum Gasteiger partial charge on any atom is 0.194 e. The van der Waals surface area contributed by atoms with Gasteiger partial charge in [0.05, 0.1) is 12.6 Å². The summed E-state index contributed by atoms with van der Waals surface area (Å²) in [5.74, 6) is 0.949. The first kappa shape index (κ1) is 19.4. The highest BCUT2D eigenvalue weighted by Gasteiger charge is 2.41. The van der Waals surface area contributed by atoms with Crippen LogP contribution < -0.4 is 5.32 Å². The molecule has 2 heterocycles. The fourth-order valence-electron chi connectivity index (χ4n) is 3.94. The lowest BCUT2D eigenvalue weighted by Gasteiger charge is -2.26. The molecule has 1 spiro atoms. The molecule has 1 aliphatic carbocycles. The molecule has 24 heavy (non-hydrogen) atoms. The Hall–Kier alpha value is -0.890. The van der Waals surface area contributed by atoms with Crippen molar-refractivity contribution in [2.24, 2.45) is 10.4 Å². The molecule has 134 valence electrons. The summed E-state index contributed by atoms with van der Waals surface area (Å²) < 4.78 is 0. The Labute approximate surface area is 162 Å². The molecule has 6 heteroatoms. The van der Waals surface area contributed by atoms with E-state index in [0.717, 1.165) is 31.2 Å². The fourth-order valence-corrected chi connectivity index (χ4v) is 3.94. The number of aromatic nitrogens is 1. The first-order chi connectivity index (χ1) is 11.2. The lowest BCUT2D eigenvalue weighted by Crippen LogP contribution is -2.41. The standard InChI is InChI=1S/C18H28N4O.HI/c1-2-20-17(21-13-16(23)15-5-10-19-11-6-15)22-12-9-18(14-22)7-3-4-8-18;/h5-6,10-11,16,23H,2-4,7-9,12-14H2,1H3,(H,20,21);1H. The molecule has 1 unspecified atom stereocenters. The lowest BCUT2D eigenvalue weighted by molar-refractivity contribution is 0.186. The Morgan fingerprint density at radius 1 is 1.33 bits per heavy atom. The predicted molar refractivity (Wildman–Crippen MR) is 108 cm³/mol. The van der Waals surface area contributed by atoms with E-state index in [1.54, 1.807) is 12.4 Å². The van der Waals surface area contributed by atoms with Gasteiger partial charge in [0.1, 0.15) is 0 Å². The number of hydrogen-bond acceptors (Lipinski definition) is 3. The van der Waals surface area contributed by atoms with Crippen molar-refractivity contribution in [2.45, 2.75) is 45.1 Å². The molecule has 2 N–H and O–H groups in total. The van der Waals surface area contributed by atoms with Gasteiger partial charge in [-0.1, -0.05) is 12.8 Å². The highest BCUT2D eigenvalue weighted by molar-refractivity contribution is 14.0. The summed E-state index contributed by atoms with van der Waals surface area (Å²) in [6.45, 7) is 5.53. The molecule has 0 aromatic carbocycles. The van der Waals surface area contributed by atoms with E-state index in [9.17, 15) is 5.11 Å². The highest BCUT2D eigenvalue weighted by atomic mass is 127. The van der Waals surface area contributed by atoms with E-state index in [2.05, 4.69) is 27.1 Å². The minimum absolute atomic E-state index is 0. The van der Waals surface area contributed by atoms with Gasteiger partial charge in [-0.2, -0.15) is 0 Å². The van der Waals surface area contributed by atoms with Gasteiger partial charge >= 0.3 is 0 Å². The van der Waals surface area contributed by atoms with Crippen LogP contribution in [0.1, 0.15) is 50.7 Å². The molecule has 2 aliphatic rings. The number of nitrogens with one attached hydrogen (secondary N) is 1.